The molecule has 0 radical (unpaired) electrons. The molecule has 1 N–H and O–H groups in total. The number of carbonyl (C=O) groups is 1. The number of hydrogen-bond acceptors (Lipinski definition) is 3. The molecule has 0 aliphatic carbocycles. The van der Waals surface area contributed by atoms with Crippen molar-refractivity contribution in [2.45, 2.75) is 25.4 Å². The van der Waals surface area contributed by atoms with E-state index >= 15 is 0 Å². The van der Waals surface area contributed by atoms with E-state index in [1.807, 2.05) is 0 Å². The zero-order chi connectivity index (χ0) is 10.8. The molecule has 84 valence electrons. The molecule has 0 bridgehead atoms. The number of piperidine rings is 1. The first-order chi connectivity index (χ1) is 7.16. The molecule has 0 aromatic rings. The lowest BCUT2D eigenvalue weighted by molar-refractivity contribution is 0.0109. The first-order valence-corrected chi connectivity index (χ1v) is 5.82. The zero-order valence-corrected chi connectivity index (χ0v) is 9.81. The molecular weight excluding hydrogens is 264 g/mol. The van der Waals surface area contributed by atoms with Gasteiger partial charge in [-0.25, -0.2) is 4.79 Å². The number of halogens is 1. The molecule has 1 amide bonds. The lowest BCUT2D eigenvalue weighted by atomic mass is 9.91. The van der Waals surface area contributed by atoms with E-state index in [0.717, 1.165) is 23.9 Å². The highest BCUT2D eigenvalue weighted by Gasteiger charge is 2.33. The second-order valence-corrected chi connectivity index (χ2v) is 4.86. The van der Waals surface area contributed by atoms with Crippen LogP contribution in [0.5, 0.6) is 0 Å². The van der Waals surface area contributed by atoms with E-state index in [0.29, 0.717) is 13.1 Å². The van der Waals surface area contributed by atoms with Gasteiger partial charge in [0.05, 0.1) is 0 Å². The zero-order valence-electron chi connectivity index (χ0n) is 8.23. The quantitative estimate of drug-likeness (QED) is 0.795. The van der Waals surface area contributed by atoms with Gasteiger partial charge in [0.1, 0.15) is 10.7 Å². The maximum Gasteiger partial charge on any atom is 0.407 e. The molecule has 2 aliphatic rings. The molecule has 1 fully saturated rings. The third kappa shape index (κ3) is 2.42. The molecule has 2 atom stereocenters. The molecule has 15 heavy (non-hydrogen) atoms. The average molecular weight is 277 g/mol. The van der Waals surface area contributed by atoms with Gasteiger partial charge in [-0.3, -0.25) is 0 Å². The monoisotopic (exact) mass is 276 g/mol. The lowest BCUT2D eigenvalue weighted by Crippen LogP contribution is -2.42. The summed E-state index contributed by atoms with van der Waals surface area (Å²) >= 11 is 3.28. The summed E-state index contributed by atoms with van der Waals surface area (Å²) in [7, 11) is 0. The third-order valence-electron chi connectivity index (χ3n) is 2.91. The molecule has 6 heteroatoms. The maximum absolute atomic E-state index is 10.8. The van der Waals surface area contributed by atoms with E-state index in [1.54, 1.807) is 0 Å². The normalized spacial score (nSPS) is 31.0. The lowest BCUT2D eigenvalue weighted by Gasteiger charge is -2.32. The minimum atomic E-state index is -0.835. The highest BCUT2D eigenvalue weighted by Crippen LogP contribution is 2.28. The highest BCUT2D eigenvalue weighted by molar-refractivity contribution is 9.18. The van der Waals surface area contributed by atoms with Crippen molar-refractivity contribution < 1.29 is 14.7 Å². The number of hydrogen-bond donors (Lipinski definition) is 1. The van der Waals surface area contributed by atoms with Crippen molar-refractivity contribution in [2.75, 3.05) is 13.1 Å². The van der Waals surface area contributed by atoms with Crippen LogP contribution in [0.3, 0.4) is 0 Å². The van der Waals surface area contributed by atoms with E-state index in [-0.39, 0.29) is 12.0 Å². The average Bonchev–Trinajstić information content (AvgIpc) is 2.65. The Morgan fingerprint density at radius 3 is 3.07 bits per heavy atom. The van der Waals surface area contributed by atoms with Crippen LogP contribution in [-0.4, -0.2) is 39.9 Å². The van der Waals surface area contributed by atoms with Crippen LogP contribution < -0.4 is 0 Å². The van der Waals surface area contributed by atoms with Gasteiger partial charge in [-0.15, -0.1) is 0 Å². The minimum Gasteiger partial charge on any atom is -0.465 e. The summed E-state index contributed by atoms with van der Waals surface area (Å²) in [5.74, 6) is 0.272. The Morgan fingerprint density at radius 2 is 2.47 bits per heavy atom. The van der Waals surface area contributed by atoms with E-state index < -0.39 is 6.09 Å². The first-order valence-electron chi connectivity index (χ1n) is 5.03. The molecule has 0 saturated carbocycles. The van der Waals surface area contributed by atoms with Gasteiger partial charge in [0, 0.05) is 25.4 Å². The van der Waals surface area contributed by atoms with Crippen molar-refractivity contribution in [1.29, 1.82) is 0 Å². The number of nitrogens with zero attached hydrogens (tertiary/aromatic N) is 2. The van der Waals surface area contributed by atoms with Gasteiger partial charge in [-0.1, -0.05) is 5.16 Å². The van der Waals surface area contributed by atoms with Crippen LogP contribution in [0.15, 0.2) is 5.16 Å². The summed E-state index contributed by atoms with van der Waals surface area (Å²) in [4.78, 5) is 17.5. The van der Waals surface area contributed by atoms with E-state index in [9.17, 15) is 4.79 Å². The second kappa shape index (κ2) is 4.38. The SMILES string of the molecule is O=C(O)N1CCC[C@@H](C2CC(Br)=NO2)C1. The summed E-state index contributed by atoms with van der Waals surface area (Å²) in [5, 5.41) is 12.7. The van der Waals surface area contributed by atoms with E-state index in [1.165, 1.54) is 4.90 Å². The number of rotatable bonds is 1. The van der Waals surface area contributed by atoms with Crippen LogP contribution in [0, 0.1) is 5.92 Å². The van der Waals surface area contributed by atoms with Crippen LogP contribution >= 0.6 is 15.9 Å². The fourth-order valence-electron chi connectivity index (χ4n) is 2.11. The molecule has 0 spiro atoms. The Hall–Kier alpha value is -0.780. The van der Waals surface area contributed by atoms with Gasteiger partial charge >= 0.3 is 6.09 Å². The molecule has 0 aromatic carbocycles. The van der Waals surface area contributed by atoms with E-state index in [4.69, 9.17) is 9.94 Å². The van der Waals surface area contributed by atoms with Crippen LogP contribution in [-0.2, 0) is 4.84 Å². The topological polar surface area (TPSA) is 62.1 Å². The Bertz CT molecular complexity index is 295. The van der Waals surface area contributed by atoms with Crippen molar-refractivity contribution in [3.05, 3.63) is 0 Å². The Labute approximate surface area is 96.2 Å². The maximum atomic E-state index is 10.8. The van der Waals surface area contributed by atoms with Crippen molar-refractivity contribution in [2.24, 2.45) is 11.1 Å². The predicted octanol–water partition coefficient (Wildman–Crippen LogP) is 1.87. The van der Waals surface area contributed by atoms with Gasteiger partial charge in [0.2, 0.25) is 0 Å². The van der Waals surface area contributed by atoms with Gasteiger partial charge < -0.3 is 14.8 Å². The summed E-state index contributed by atoms with van der Waals surface area (Å²) in [5.41, 5.74) is 0. The molecule has 1 unspecified atom stereocenters. The largest absolute Gasteiger partial charge is 0.465 e. The minimum absolute atomic E-state index is 0.0431. The van der Waals surface area contributed by atoms with Gasteiger partial charge in [0.25, 0.3) is 0 Å². The van der Waals surface area contributed by atoms with Gasteiger partial charge in [-0.05, 0) is 28.8 Å². The number of likely N-dealkylation sites (tertiary alicyclic amines) is 1. The molecule has 2 heterocycles. The highest BCUT2D eigenvalue weighted by atomic mass is 79.9. The summed E-state index contributed by atoms with van der Waals surface area (Å²) in [6, 6.07) is 0. The Kier molecular flexibility index (Phi) is 3.14. The van der Waals surface area contributed by atoms with Crippen LogP contribution in [0.25, 0.3) is 0 Å². The van der Waals surface area contributed by atoms with Crippen LogP contribution in [0.1, 0.15) is 19.3 Å². The summed E-state index contributed by atoms with van der Waals surface area (Å²) in [6.07, 6.45) is 1.90. The van der Waals surface area contributed by atoms with Crippen molar-refractivity contribution in [1.82, 2.24) is 4.90 Å². The number of carboxylic acid groups (broad SMARTS) is 1. The summed E-state index contributed by atoms with van der Waals surface area (Å²) < 4.78 is 0.819. The number of oxime groups is 1. The standard InChI is InChI=1S/C9H13BrN2O3/c10-8-4-7(15-11-8)6-2-1-3-12(5-6)9(13)14/h6-7H,1-5H2,(H,13,14)/t6-,7?/m1/s1. The smallest absolute Gasteiger partial charge is 0.407 e. The number of amides is 1. The van der Waals surface area contributed by atoms with Crippen molar-refractivity contribution >= 4 is 26.6 Å². The second-order valence-electron chi connectivity index (χ2n) is 3.95. The molecule has 5 nitrogen and oxygen atoms in total. The predicted molar refractivity (Wildman–Crippen MR) is 58.2 cm³/mol. The van der Waals surface area contributed by atoms with E-state index in [2.05, 4.69) is 21.1 Å². The molecular formula is C9H13BrN2O3. The third-order valence-corrected chi connectivity index (χ3v) is 3.38. The first kappa shape index (κ1) is 10.7. The fourth-order valence-corrected chi connectivity index (χ4v) is 2.51. The van der Waals surface area contributed by atoms with Gasteiger partial charge in [-0.2, -0.15) is 0 Å². The molecule has 1 saturated heterocycles. The Morgan fingerprint density at radius 1 is 1.67 bits per heavy atom. The Balaban J connectivity index is 1.91. The fraction of sp³-hybridized carbons (Fsp3) is 0.778. The molecule has 0 aromatic heterocycles. The van der Waals surface area contributed by atoms with Crippen LogP contribution in [0.2, 0.25) is 0 Å². The summed E-state index contributed by atoms with van der Waals surface area (Å²) in [6.45, 7) is 1.20. The molecule has 2 rings (SSSR count). The van der Waals surface area contributed by atoms with Gasteiger partial charge in [0.15, 0.2) is 0 Å². The molecule has 2 aliphatic heterocycles. The van der Waals surface area contributed by atoms with Crippen molar-refractivity contribution in [3.8, 4) is 0 Å². The van der Waals surface area contributed by atoms with Crippen LogP contribution in [0.4, 0.5) is 4.79 Å². The van der Waals surface area contributed by atoms with Crippen molar-refractivity contribution in [3.63, 3.8) is 0 Å².